The summed E-state index contributed by atoms with van der Waals surface area (Å²) in [6.45, 7) is 4.22. The summed E-state index contributed by atoms with van der Waals surface area (Å²) < 4.78 is 13.1. The summed E-state index contributed by atoms with van der Waals surface area (Å²) in [6, 6.07) is 10.5. The Morgan fingerprint density at radius 1 is 1.08 bits per heavy atom. The molecular formula is C29H39N7O3. The second kappa shape index (κ2) is 11.9. The van der Waals surface area contributed by atoms with E-state index in [1.165, 1.54) is 0 Å². The molecule has 0 bridgehead atoms. The third-order valence-corrected chi connectivity index (χ3v) is 7.94. The van der Waals surface area contributed by atoms with E-state index < -0.39 is 0 Å². The zero-order valence-corrected chi connectivity index (χ0v) is 23.1. The molecule has 2 fully saturated rings. The molecule has 2 saturated heterocycles. The summed E-state index contributed by atoms with van der Waals surface area (Å²) in [4.78, 5) is 23.4. The largest absolute Gasteiger partial charge is 0.493 e. The Morgan fingerprint density at radius 2 is 1.87 bits per heavy atom. The van der Waals surface area contributed by atoms with Gasteiger partial charge in [-0.15, -0.1) is 0 Å². The maximum atomic E-state index is 11.9. The Kier molecular flexibility index (Phi) is 8.21. The Bertz CT molecular complexity index is 1270. The van der Waals surface area contributed by atoms with Crippen LogP contribution in [0.2, 0.25) is 0 Å². The van der Waals surface area contributed by atoms with Gasteiger partial charge in [-0.25, -0.2) is 4.98 Å². The van der Waals surface area contributed by atoms with Crippen LogP contribution in [0.25, 0.3) is 0 Å². The number of nitrogens with zero attached hydrogens (tertiary/aromatic N) is 6. The lowest BCUT2D eigenvalue weighted by Crippen LogP contribution is -2.41. The summed E-state index contributed by atoms with van der Waals surface area (Å²) in [5.41, 5.74) is 8.71. The Hall–Kier alpha value is -3.79. The molecule has 0 aliphatic carbocycles. The number of pyridine rings is 1. The molecule has 0 spiro atoms. The van der Waals surface area contributed by atoms with Crippen molar-refractivity contribution in [3.63, 3.8) is 0 Å². The molecule has 10 nitrogen and oxygen atoms in total. The molecule has 2 aliphatic rings. The number of ether oxygens (including phenoxy) is 2. The number of hydrogen-bond donors (Lipinski definition) is 1. The van der Waals surface area contributed by atoms with Crippen molar-refractivity contribution in [2.45, 2.75) is 38.3 Å². The summed E-state index contributed by atoms with van der Waals surface area (Å²) in [6.07, 6.45) is 9.83. The quantitative estimate of drug-likeness (QED) is 0.445. The number of benzene rings is 1. The van der Waals surface area contributed by atoms with E-state index >= 15 is 0 Å². The molecule has 2 aliphatic heterocycles. The van der Waals surface area contributed by atoms with Gasteiger partial charge in [-0.05, 0) is 69.6 Å². The van der Waals surface area contributed by atoms with Gasteiger partial charge in [0, 0.05) is 43.8 Å². The molecule has 4 heterocycles. The minimum atomic E-state index is -0.231. The highest BCUT2D eigenvalue weighted by Gasteiger charge is 2.26. The van der Waals surface area contributed by atoms with Crippen LogP contribution in [-0.2, 0) is 11.3 Å². The number of carbonyl (C=O) groups excluding carboxylic acids is 1. The van der Waals surface area contributed by atoms with E-state index in [-0.39, 0.29) is 11.8 Å². The van der Waals surface area contributed by atoms with Crippen LogP contribution in [0, 0.1) is 5.92 Å². The van der Waals surface area contributed by atoms with Crippen molar-refractivity contribution in [1.29, 1.82) is 0 Å². The van der Waals surface area contributed by atoms with Crippen molar-refractivity contribution < 1.29 is 14.3 Å². The number of methoxy groups -OCH3 is 2. The van der Waals surface area contributed by atoms with Crippen molar-refractivity contribution in [1.82, 2.24) is 19.7 Å². The molecule has 1 aromatic carbocycles. The van der Waals surface area contributed by atoms with Crippen LogP contribution in [0.3, 0.4) is 0 Å². The van der Waals surface area contributed by atoms with Gasteiger partial charge in [-0.3, -0.25) is 9.48 Å². The molecule has 5 rings (SSSR count). The topological polar surface area (TPSA) is 102 Å². The molecule has 1 unspecified atom stereocenters. The third-order valence-electron chi connectivity index (χ3n) is 7.94. The van der Waals surface area contributed by atoms with E-state index in [4.69, 9.17) is 25.3 Å². The average molecular weight is 534 g/mol. The molecule has 208 valence electrons. The van der Waals surface area contributed by atoms with Crippen LogP contribution in [0.1, 0.15) is 37.3 Å². The minimum absolute atomic E-state index is 0.133. The molecular weight excluding hydrogens is 494 g/mol. The number of likely N-dealkylation sites (tertiary alicyclic amines) is 1. The van der Waals surface area contributed by atoms with Crippen molar-refractivity contribution in [2.75, 3.05) is 57.2 Å². The first-order valence-corrected chi connectivity index (χ1v) is 13.7. The van der Waals surface area contributed by atoms with Crippen molar-refractivity contribution >= 4 is 23.1 Å². The van der Waals surface area contributed by atoms with Crippen LogP contribution in [0.5, 0.6) is 11.5 Å². The first kappa shape index (κ1) is 26.8. The number of hydrogen-bond acceptors (Lipinski definition) is 8. The highest BCUT2D eigenvalue weighted by molar-refractivity contribution is 5.77. The van der Waals surface area contributed by atoms with E-state index in [0.717, 1.165) is 68.1 Å². The molecule has 2 aromatic heterocycles. The summed E-state index contributed by atoms with van der Waals surface area (Å²) >= 11 is 0. The number of carbonyl (C=O) groups is 1. The second-order valence-corrected chi connectivity index (χ2v) is 10.5. The standard InChI is InChI=1S/C29H39N7O3/c1-33-13-9-23(10-14-33)36-20-25(17-32-36)35(18-21-6-7-26(38-2)27(15-21)39-3)28-16-24(8-11-31-28)34-12-4-5-22(19-34)29(30)37/h6-8,11,15-17,20,22-23H,4-5,9-10,12-14,18-19H2,1-3H3,(H2,30,37). The van der Waals surface area contributed by atoms with E-state index in [0.29, 0.717) is 30.6 Å². The van der Waals surface area contributed by atoms with Crippen molar-refractivity contribution in [3.8, 4) is 11.5 Å². The van der Waals surface area contributed by atoms with E-state index in [1.807, 2.05) is 36.7 Å². The number of primary amides is 1. The molecule has 0 saturated carbocycles. The van der Waals surface area contributed by atoms with Gasteiger partial charge in [-0.2, -0.15) is 5.10 Å². The van der Waals surface area contributed by atoms with Crippen LogP contribution in [-0.4, -0.2) is 73.0 Å². The van der Waals surface area contributed by atoms with Crippen LogP contribution < -0.4 is 25.0 Å². The number of piperidine rings is 2. The van der Waals surface area contributed by atoms with Gasteiger partial charge < -0.3 is 29.9 Å². The molecule has 0 radical (unpaired) electrons. The molecule has 1 atom stereocenters. The number of rotatable bonds is 9. The predicted molar refractivity (Wildman–Crippen MR) is 152 cm³/mol. The highest BCUT2D eigenvalue weighted by Crippen LogP contribution is 2.34. The van der Waals surface area contributed by atoms with Crippen molar-refractivity contribution in [2.24, 2.45) is 11.7 Å². The number of anilines is 3. The van der Waals surface area contributed by atoms with Crippen LogP contribution in [0.15, 0.2) is 48.9 Å². The Labute approximate surface area is 230 Å². The lowest BCUT2D eigenvalue weighted by molar-refractivity contribution is -0.122. The van der Waals surface area contributed by atoms with Crippen LogP contribution >= 0.6 is 0 Å². The zero-order valence-electron chi connectivity index (χ0n) is 23.1. The minimum Gasteiger partial charge on any atom is -0.493 e. The first-order valence-electron chi connectivity index (χ1n) is 13.7. The molecule has 2 N–H and O–H groups in total. The molecule has 39 heavy (non-hydrogen) atoms. The van der Waals surface area contributed by atoms with Gasteiger partial charge in [0.1, 0.15) is 5.82 Å². The van der Waals surface area contributed by atoms with E-state index in [1.54, 1.807) is 14.2 Å². The van der Waals surface area contributed by atoms with Gasteiger partial charge in [0.05, 0.1) is 38.1 Å². The molecule has 10 heteroatoms. The van der Waals surface area contributed by atoms with Gasteiger partial charge in [0.25, 0.3) is 0 Å². The number of nitrogens with two attached hydrogens (primary N) is 1. The maximum Gasteiger partial charge on any atom is 0.222 e. The second-order valence-electron chi connectivity index (χ2n) is 10.5. The lowest BCUT2D eigenvalue weighted by atomic mass is 9.97. The zero-order chi connectivity index (χ0) is 27.4. The summed E-state index contributed by atoms with van der Waals surface area (Å²) in [5, 5.41) is 4.78. The summed E-state index contributed by atoms with van der Waals surface area (Å²) in [5.74, 6) is 1.82. The normalized spacial score (nSPS) is 18.6. The van der Waals surface area contributed by atoms with Gasteiger partial charge in [-0.1, -0.05) is 6.07 Å². The maximum absolute atomic E-state index is 11.9. The van der Waals surface area contributed by atoms with Crippen LogP contribution in [0.4, 0.5) is 17.2 Å². The van der Waals surface area contributed by atoms with E-state index in [2.05, 4.69) is 38.7 Å². The third kappa shape index (κ3) is 6.11. The smallest absolute Gasteiger partial charge is 0.222 e. The SMILES string of the molecule is COc1ccc(CN(c2cnn(C3CCN(C)CC3)c2)c2cc(N3CCCC(C(N)=O)C3)ccn2)cc1OC. The highest BCUT2D eigenvalue weighted by atomic mass is 16.5. The van der Waals surface area contributed by atoms with Crippen molar-refractivity contribution in [3.05, 3.63) is 54.5 Å². The van der Waals surface area contributed by atoms with Gasteiger partial charge in [0.15, 0.2) is 11.5 Å². The number of amides is 1. The molecule has 3 aromatic rings. The average Bonchev–Trinajstić information content (AvgIpc) is 3.46. The fraction of sp³-hybridized carbons (Fsp3) is 0.483. The summed E-state index contributed by atoms with van der Waals surface area (Å²) in [7, 11) is 5.45. The van der Waals surface area contributed by atoms with Gasteiger partial charge >= 0.3 is 0 Å². The monoisotopic (exact) mass is 533 g/mol. The predicted octanol–water partition coefficient (Wildman–Crippen LogP) is 3.60. The number of aromatic nitrogens is 3. The first-order chi connectivity index (χ1) is 18.9. The van der Waals surface area contributed by atoms with Gasteiger partial charge in [0.2, 0.25) is 5.91 Å². The van der Waals surface area contributed by atoms with E-state index in [9.17, 15) is 4.79 Å². The lowest BCUT2D eigenvalue weighted by Gasteiger charge is -2.33. The Morgan fingerprint density at radius 3 is 2.62 bits per heavy atom. The molecule has 1 amide bonds. The Balaban J connectivity index is 1.47. The fourth-order valence-electron chi connectivity index (χ4n) is 5.59. The fourth-order valence-corrected chi connectivity index (χ4v) is 5.59.